The fourth-order valence-corrected chi connectivity index (χ4v) is 5.39. The predicted molar refractivity (Wildman–Crippen MR) is 107 cm³/mol. The molecule has 130 valence electrons. The minimum absolute atomic E-state index is 0.123. The van der Waals surface area contributed by atoms with Gasteiger partial charge in [0.15, 0.2) is 8.68 Å². The highest BCUT2D eigenvalue weighted by Gasteiger charge is 2.11. The van der Waals surface area contributed by atoms with Gasteiger partial charge in [-0.05, 0) is 23.4 Å². The van der Waals surface area contributed by atoms with Crippen LogP contribution in [-0.2, 0) is 10.5 Å². The molecule has 0 fully saturated rings. The quantitative estimate of drug-likeness (QED) is 0.424. The summed E-state index contributed by atoms with van der Waals surface area (Å²) >= 11 is 7.15. The second kappa shape index (κ2) is 9.53. The van der Waals surface area contributed by atoms with Crippen LogP contribution in [0.1, 0.15) is 5.56 Å². The van der Waals surface area contributed by atoms with Gasteiger partial charge >= 0.3 is 0 Å². The number of nitrogens with one attached hydrogen (secondary N) is 1. The maximum absolute atomic E-state index is 12.0. The highest BCUT2D eigenvalue weighted by molar-refractivity contribution is 8.01. The first-order valence-electron chi connectivity index (χ1n) is 7.03. The molecule has 3 aromatic rings. The monoisotopic (exact) mass is 427 g/mol. The van der Waals surface area contributed by atoms with E-state index >= 15 is 0 Å². The molecule has 0 aliphatic rings. The van der Waals surface area contributed by atoms with Crippen LogP contribution in [0.4, 0.5) is 5.13 Å². The van der Waals surface area contributed by atoms with Gasteiger partial charge < -0.3 is 0 Å². The highest BCUT2D eigenvalue weighted by Crippen LogP contribution is 2.28. The normalized spacial score (nSPS) is 10.8. The van der Waals surface area contributed by atoms with Crippen molar-refractivity contribution in [1.29, 1.82) is 0 Å². The minimum Gasteiger partial charge on any atom is -0.300 e. The largest absolute Gasteiger partial charge is 0.300 e. The molecule has 2 aromatic heterocycles. The van der Waals surface area contributed by atoms with Crippen molar-refractivity contribution in [2.45, 2.75) is 19.6 Å². The number of thioether (sulfide) groups is 3. The minimum atomic E-state index is -0.123. The average molecular weight is 428 g/mol. The van der Waals surface area contributed by atoms with E-state index in [0.29, 0.717) is 5.13 Å². The van der Waals surface area contributed by atoms with Gasteiger partial charge in [0.1, 0.15) is 0 Å². The van der Waals surface area contributed by atoms with Crippen LogP contribution in [0.2, 0.25) is 0 Å². The molecule has 0 saturated heterocycles. The fourth-order valence-electron chi connectivity index (χ4n) is 1.66. The van der Waals surface area contributed by atoms with Crippen molar-refractivity contribution in [3.63, 3.8) is 0 Å². The van der Waals surface area contributed by atoms with Gasteiger partial charge in [0, 0.05) is 5.75 Å². The summed E-state index contributed by atoms with van der Waals surface area (Å²) in [5, 5.41) is 12.1. The van der Waals surface area contributed by atoms with Gasteiger partial charge in [0.2, 0.25) is 16.2 Å². The lowest BCUT2D eigenvalue weighted by atomic mass is 10.2. The van der Waals surface area contributed by atoms with Gasteiger partial charge in [-0.1, -0.05) is 77.0 Å². The lowest BCUT2D eigenvalue weighted by Gasteiger charge is -1.98. The molecule has 0 spiro atoms. The Balaban J connectivity index is 1.44. The summed E-state index contributed by atoms with van der Waals surface area (Å²) in [5.41, 5.74) is 1.23. The zero-order chi connectivity index (χ0) is 17.5. The fraction of sp³-hybridized carbons (Fsp3) is 0.214. The van der Waals surface area contributed by atoms with Gasteiger partial charge in [-0.15, -0.1) is 10.2 Å². The van der Waals surface area contributed by atoms with Crippen molar-refractivity contribution < 1.29 is 4.79 Å². The maximum atomic E-state index is 12.0. The van der Waals surface area contributed by atoms with Gasteiger partial charge in [-0.25, -0.2) is 4.98 Å². The molecule has 3 rings (SSSR count). The zero-order valence-electron chi connectivity index (χ0n) is 13.0. The predicted octanol–water partition coefficient (Wildman–Crippen LogP) is 4.13. The molecular weight excluding hydrogens is 415 g/mol. The van der Waals surface area contributed by atoms with Crippen LogP contribution in [0.15, 0.2) is 44.2 Å². The van der Waals surface area contributed by atoms with E-state index in [1.54, 1.807) is 11.8 Å². The van der Waals surface area contributed by atoms with E-state index < -0.39 is 0 Å². The lowest BCUT2D eigenvalue weighted by molar-refractivity contribution is -0.113. The molecule has 0 atom stereocenters. The van der Waals surface area contributed by atoms with Gasteiger partial charge in [-0.2, -0.15) is 4.37 Å². The number of carbonyl (C=O) groups excluding carboxylic acids is 1. The summed E-state index contributed by atoms with van der Waals surface area (Å²) < 4.78 is 5.78. The third-order valence-electron chi connectivity index (χ3n) is 2.76. The van der Waals surface area contributed by atoms with Gasteiger partial charge in [-0.3, -0.25) is 10.1 Å². The second-order valence-corrected chi connectivity index (χ2v) is 9.48. The molecule has 2 heterocycles. The Labute approximate surface area is 165 Å². The first kappa shape index (κ1) is 18.6. The van der Waals surface area contributed by atoms with E-state index in [9.17, 15) is 4.79 Å². The number of amides is 1. The zero-order valence-corrected chi connectivity index (χ0v) is 17.1. The topological polar surface area (TPSA) is 80.7 Å². The Kier molecular flexibility index (Phi) is 7.11. The molecule has 11 heteroatoms. The summed E-state index contributed by atoms with van der Waals surface area (Å²) in [6.45, 7) is 0. The number of carbonyl (C=O) groups is 1. The molecular formula is C14H13N5OS5. The molecule has 1 N–H and O–H groups in total. The Morgan fingerprint density at radius 1 is 1.16 bits per heavy atom. The highest BCUT2D eigenvalue weighted by atomic mass is 32.2. The van der Waals surface area contributed by atoms with E-state index in [1.807, 2.05) is 24.5 Å². The number of anilines is 1. The summed E-state index contributed by atoms with van der Waals surface area (Å²) in [6, 6.07) is 10.2. The van der Waals surface area contributed by atoms with Crippen LogP contribution >= 0.6 is 58.2 Å². The Bertz CT molecular complexity index is 822. The van der Waals surface area contributed by atoms with Crippen LogP contribution in [-0.4, -0.2) is 37.5 Å². The van der Waals surface area contributed by atoms with Crippen molar-refractivity contribution >= 4 is 69.2 Å². The number of benzene rings is 1. The molecule has 1 aromatic carbocycles. The standard InChI is InChI=1S/C14H13N5OS5/c1-21-12-16-13(25-19-12)23-8-10(20)15-11-17-18-14(24-11)22-7-9-5-3-2-4-6-9/h2-6H,7-8H2,1H3,(H,15,17,20). The Morgan fingerprint density at radius 3 is 2.76 bits per heavy atom. The SMILES string of the molecule is CSc1nsc(SCC(=O)Nc2nnc(SCc3ccccc3)s2)n1. The smallest absolute Gasteiger partial charge is 0.236 e. The summed E-state index contributed by atoms with van der Waals surface area (Å²) in [6.07, 6.45) is 1.92. The molecule has 0 saturated carbocycles. The Morgan fingerprint density at radius 2 is 2.00 bits per heavy atom. The molecule has 0 radical (unpaired) electrons. The van der Waals surface area contributed by atoms with Crippen molar-refractivity contribution in [2.24, 2.45) is 0 Å². The Hall–Kier alpha value is -1.14. The molecule has 0 aliphatic carbocycles. The summed E-state index contributed by atoms with van der Waals surface area (Å²) in [7, 11) is 0. The van der Waals surface area contributed by atoms with Crippen LogP contribution in [0.3, 0.4) is 0 Å². The maximum Gasteiger partial charge on any atom is 0.236 e. The number of rotatable bonds is 8. The first-order valence-corrected chi connectivity index (χ1v) is 11.8. The molecule has 25 heavy (non-hydrogen) atoms. The third kappa shape index (κ3) is 5.96. The molecule has 0 aliphatic heterocycles. The number of hydrogen-bond acceptors (Lipinski definition) is 10. The molecule has 0 bridgehead atoms. The number of hydrogen-bond donors (Lipinski definition) is 1. The van der Waals surface area contributed by atoms with Crippen LogP contribution < -0.4 is 5.32 Å². The summed E-state index contributed by atoms with van der Waals surface area (Å²) in [5.74, 6) is 0.977. The van der Waals surface area contributed by atoms with E-state index in [2.05, 4.69) is 37.0 Å². The van der Waals surface area contributed by atoms with E-state index in [0.717, 1.165) is 19.6 Å². The van der Waals surface area contributed by atoms with E-state index in [-0.39, 0.29) is 11.7 Å². The van der Waals surface area contributed by atoms with Crippen molar-refractivity contribution in [1.82, 2.24) is 19.6 Å². The molecule has 0 unspecified atom stereocenters. The van der Waals surface area contributed by atoms with Crippen molar-refractivity contribution in [2.75, 3.05) is 17.3 Å². The van der Waals surface area contributed by atoms with E-state index in [4.69, 9.17) is 0 Å². The van der Waals surface area contributed by atoms with Crippen LogP contribution in [0, 0.1) is 0 Å². The third-order valence-corrected chi connectivity index (χ3v) is 7.30. The van der Waals surface area contributed by atoms with Gasteiger partial charge in [0.05, 0.1) is 5.75 Å². The van der Waals surface area contributed by atoms with Gasteiger partial charge in [0.25, 0.3) is 0 Å². The average Bonchev–Trinajstić information content (AvgIpc) is 3.28. The van der Waals surface area contributed by atoms with Crippen LogP contribution in [0.25, 0.3) is 0 Å². The van der Waals surface area contributed by atoms with Crippen LogP contribution in [0.5, 0.6) is 0 Å². The number of aromatic nitrogens is 4. The second-order valence-electron chi connectivity index (χ2n) is 4.53. The van der Waals surface area contributed by atoms with E-state index in [1.165, 1.54) is 52.0 Å². The lowest BCUT2D eigenvalue weighted by Crippen LogP contribution is -2.13. The van der Waals surface area contributed by atoms with Crippen molar-refractivity contribution in [3.8, 4) is 0 Å². The first-order chi connectivity index (χ1) is 12.2. The molecule has 1 amide bonds. The number of nitrogens with zero attached hydrogens (tertiary/aromatic N) is 4. The van der Waals surface area contributed by atoms with Crippen molar-refractivity contribution in [3.05, 3.63) is 35.9 Å². The molecule has 6 nitrogen and oxygen atoms in total. The summed E-state index contributed by atoms with van der Waals surface area (Å²) in [4.78, 5) is 16.3.